The third-order valence-corrected chi connectivity index (χ3v) is 5.65. The van der Waals surface area contributed by atoms with Crippen LogP contribution in [-0.2, 0) is 11.2 Å². The van der Waals surface area contributed by atoms with Crippen LogP contribution >= 0.6 is 0 Å². The van der Waals surface area contributed by atoms with Gasteiger partial charge in [0, 0.05) is 55.2 Å². The number of rotatable bonds is 6. The number of benzene rings is 1. The number of imidazole rings is 1. The standard InChI is InChI=1S/C25H23N7O2/c1-15-21(20(29-2)12-16-4-3-9-30-14-16)22(19(13-26)24(28)34-15)17-5-7-18(8-6-17)32-11-10-31-25(32)23(27)33/h3-11,14,22H,12,28H2,1-2H3,(H2,27,33). The Morgan fingerprint density at radius 1 is 1.26 bits per heavy atom. The third-order valence-electron chi connectivity index (χ3n) is 5.65. The molecule has 3 aromatic rings. The summed E-state index contributed by atoms with van der Waals surface area (Å²) in [6, 6.07) is 13.5. The lowest BCUT2D eigenvalue weighted by atomic mass is 9.79. The molecule has 4 N–H and O–H groups in total. The molecule has 1 aromatic carbocycles. The molecule has 1 unspecified atom stereocenters. The molecule has 34 heavy (non-hydrogen) atoms. The Bertz CT molecular complexity index is 1360. The van der Waals surface area contributed by atoms with Crippen LogP contribution in [0, 0.1) is 11.3 Å². The maximum Gasteiger partial charge on any atom is 0.285 e. The van der Waals surface area contributed by atoms with Crippen LogP contribution in [0.3, 0.4) is 0 Å². The van der Waals surface area contributed by atoms with Gasteiger partial charge in [0.1, 0.15) is 17.4 Å². The van der Waals surface area contributed by atoms with Gasteiger partial charge in [-0.25, -0.2) is 4.98 Å². The maximum absolute atomic E-state index is 11.7. The van der Waals surface area contributed by atoms with E-state index in [-0.39, 0.29) is 11.7 Å². The number of nitrogens with zero attached hydrogens (tertiary/aromatic N) is 5. The Balaban J connectivity index is 1.77. The smallest absolute Gasteiger partial charge is 0.285 e. The molecular formula is C25H23N7O2. The molecule has 0 bridgehead atoms. The van der Waals surface area contributed by atoms with E-state index < -0.39 is 11.8 Å². The third kappa shape index (κ3) is 4.17. The topological polar surface area (TPSA) is 145 Å². The van der Waals surface area contributed by atoms with Crippen LogP contribution in [0.15, 0.2) is 89.0 Å². The summed E-state index contributed by atoms with van der Waals surface area (Å²) in [5.74, 6) is -0.308. The largest absolute Gasteiger partial charge is 0.445 e. The second-order valence-corrected chi connectivity index (χ2v) is 7.68. The number of nitriles is 1. The van der Waals surface area contributed by atoms with Crippen LogP contribution in [0.1, 0.15) is 34.6 Å². The first-order valence-corrected chi connectivity index (χ1v) is 10.5. The Hall–Kier alpha value is -4.71. The summed E-state index contributed by atoms with van der Waals surface area (Å²) in [5.41, 5.74) is 15.9. The fraction of sp³-hybridized carbons (Fsp3) is 0.160. The Kier molecular flexibility index (Phi) is 6.23. The van der Waals surface area contributed by atoms with Crippen molar-refractivity contribution in [1.29, 1.82) is 5.26 Å². The normalized spacial score (nSPS) is 16.3. The van der Waals surface area contributed by atoms with Gasteiger partial charge in [0.15, 0.2) is 0 Å². The number of amides is 1. The highest BCUT2D eigenvalue weighted by Gasteiger charge is 2.34. The first-order chi connectivity index (χ1) is 16.4. The van der Waals surface area contributed by atoms with E-state index in [0.29, 0.717) is 23.4 Å². The van der Waals surface area contributed by atoms with Gasteiger partial charge in [-0.3, -0.25) is 19.3 Å². The predicted octanol–water partition coefficient (Wildman–Crippen LogP) is 2.76. The van der Waals surface area contributed by atoms with Crippen molar-refractivity contribution in [3.63, 3.8) is 0 Å². The zero-order valence-corrected chi connectivity index (χ0v) is 18.8. The van der Waals surface area contributed by atoms with Crippen LogP contribution in [-0.4, -0.2) is 33.2 Å². The zero-order valence-electron chi connectivity index (χ0n) is 18.8. The Morgan fingerprint density at radius 2 is 2.03 bits per heavy atom. The highest BCUT2D eigenvalue weighted by molar-refractivity contribution is 6.04. The van der Waals surface area contributed by atoms with Crippen molar-refractivity contribution in [1.82, 2.24) is 14.5 Å². The number of allylic oxidation sites excluding steroid dienone is 3. The quantitative estimate of drug-likeness (QED) is 0.549. The SMILES string of the molecule is CN=C(Cc1cccnc1)C1=C(C)OC(N)=C(C#N)C1c1ccc(-n2ccnc2C(N)=O)cc1. The van der Waals surface area contributed by atoms with E-state index in [0.717, 1.165) is 22.4 Å². The number of hydrogen-bond donors (Lipinski definition) is 2. The van der Waals surface area contributed by atoms with E-state index in [2.05, 4.69) is 21.0 Å². The van der Waals surface area contributed by atoms with Gasteiger partial charge in [-0.2, -0.15) is 5.26 Å². The number of carbonyl (C=O) groups is 1. The van der Waals surface area contributed by atoms with Crippen molar-refractivity contribution in [2.24, 2.45) is 16.5 Å². The molecule has 170 valence electrons. The minimum Gasteiger partial charge on any atom is -0.445 e. The second kappa shape index (κ2) is 9.42. The molecule has 0 saturated carbocycles. The number of hydrogen-bond acceptors (Lipinski definition) is 7. The molecule has 0 radical (unpaired) electrons. The lowest BCUT2D eigenvalue weighted by Gasteiger charge is -2.29. The van der Waals surface area contributed by atoms with Crippen molar-refractivity contribution in [2.45, 2.75) is 19.3 Å². The zero-order chi connectivity index (χ0) is 24.2. The van der Waals surface area contributed by atoms with Gasteiger partial charge in [0.25, 0.3) is 5.91 Å². The van der Waals surface area contributed by atoms with Gasteiger partial charge in [-0.15, -0.1) is 0 Å². The molecule has 1 atom stereocenters. The van der Waals surface area contributed by atoms with Crippen molar-refractivity contribution >= 4 is 11.6 Å². The van der Waals surface area contributed by atoms with Crippen molar-refractivity contribution in [2.75, 3.05) is 7.05 Å². The van der Waals surface area contributed by atoms with Crippen molar-refractivity contribution < 1.29 is 9.53 Å². The number of carbonyl (C=O) groups excluding carboxylic acids is 1. The van der Waals surface area contributed by atoms with Crippen LogP contribution < -0.4 is 11.5 Å². The van der Waals surface area contributed by atoms with Gasteiger partial charge >= 0.3 is 0 Å². The van der Waals surface area contributed by atoms with Gasteiger partial charge < -0.3 is 16.2 Å². The number of primary amides is 1. The number of nitrogens with two attached hydrogens (primary N) is 2. The maximum atomic E-state index is 11.7. The van der Waals surface area contributed by atoms with Crippen LogP contribution in [0.5, 0.6) is 0 Å². The summed E-state index contributed by atoms with van der Waals surface area (Å²) in [6.07, 6.45) is 7.19. The summed E-state index contributed by atoms with van der Waals surface area (Å²) in [5, 5.41) is 9.94. The molecule has 0 aliphatic carbocycles. The second-order valence-electron chi connectivity index (χ2n) is 7.68. The number of ether oxygens (including phenoxy) is 1. The summed E-state index contributed by atoms with van der Waals surface area (Å²) >= 11 is 0. The van der Waals surface area contributed by atoms with Crippen molar-refractivity contribution in [3.05, 3.63) is 101 Å². The minimum absolute atomic E-state index is 0.0697. The molecule has 9 nitrogen and oxygen atoms in total. The van der Waals surface area contributed by atoms with Gasteiger partial charge in [-0.1, -0.05) is 18.2 Å². The van der Waals surface area contributed by atoms with Crippen LogP contribution in [0.4, 0.5) is 0 Å². The first kappa shape index (κ1) is 22.5. The molecule has 1 aliphatic rings. The van der Waals surface area contributed by atoms with E-state index in [1.807, 2.05) is 43.3 Å². The average Bonchev–Trinajstić information content (AvgIpc) is 3.34. The first-order valence-electron chi connectivity index (χ1n) is 10.5. The molecular weight excluding hydrogens is 430 g/mol. The molecule has 4 rings (SSSR count). The minimum atomic E-state index is -0.624. The predicted molar refractivity (Wildman–Crippen MR) is 127 cm³/mol. The van der Waals surface area contributed by atoms with Gasteiger partial charge in [0.2, 0.25) is 11.7 Å². The van der Waals surface area contributed by atoms with E-state index >= 15 is 0 Å². The lowest BCUT2D eigenvalue weighted by molar-refractivity contribution is 0.0989. The van der Waals surface area contributed by atoms with Gasteiger partial charge in [-0.05, 0) is 36.2 Å². The van der Waals surface area contributed by atoms with E-state index in [1.165, 1.54) is 6.20 Å². The summed E-state index contributed by atoms with van der Waals surface area (Å²) in [7, 11) is 1.71. The van der Waals surface area contributed by atoms with Gasteiger partial charge in [0.05, 0.1) is 5.92 Å². The van der Waals surface area contributed by atoms with E-state index in [4.69, 9.17) is 16.2 Å². The summed E-state index contributed by atoms with van der Waals surface area (Å²) < 4.78 is 7.36. The fourth-order valence-corrected chi connectivity index (χ4v) is 4.10. The molecule has 0 saturated heterocycles. The monoisotopic (exact) mass is 453 g/mol. The molecule has 0 spiro atoms. The highest BCUT2D eigenvalue weighted by Crippen LogP contribution is 2.40. The Morgan fingerprint density at radius 3 is 2.65 bits per heavy atom. The van der Waals surface area contributed by atoms with Crippen molar-refractivity contribution in [3.8, 4) is 11.8 Å². The van der Waals surface area contributed by atoms with E-state index in [1.54, 1.807) is 30.2 Å². The molecule has 3 heterocycles. The lowest BCUT2D eigenvalue weighted by Crippen LogP contribution is -2.25. The number of aliphatic imine (C=N–C) groups is 1. The fourth-order valence-electron chi connectivity index (χ4n) is 4.10. The molecule has 2 aromatic heterocycles. The average molecular weight is 454 g/mol. The van der Waals surface area contributed by atoms with Crippen LogP contribution in [0.2, 0.25) is 0 Å². The Labute approximate surface area is 196 Å². The summed E-state index contributed by atoms with van der Waals surface area (Å²) in [4.78, 5) is 24.4. The van der Waals surface area contributed by atoms with Crippen LogP contribution in [0.25, 0.3) is 5.69 Å². The number of pyridine rings is 1. The molecule has 1 amide bonds. The summed E-state index contributed by atoms with van der Waals surface area (Å²) in [6.45, 7) is 1.82. The highest BCUT2D eigenvalue weighted by atomic mass is 16.5. The molecule has 0 fully saturated rings. The number of aromatic nitrogens is 3. The molecule has 9 heteroatoms. The van der Waals surface area contributed by atoms with E-state index in [9.17, 15) is 10.1 Å². The molecule has 1 aliphatic heterocycles.